The third-order valence-electron chi connectivity index (χ3n) is 2.29. The zero-order valence-electron chi connectivity index (χ0n) is 9.03. The molecule has 7 heteroatoms. The lowest BCUT2D eigenvalue weighted by atomic mass is 10.0. The van der Waals surface area contributed by atoms with Crippen molar-refractivity contribution in [2.45, 2.75) is 19.1 Å². The Hall–Kier alpha value is -1.99. The van der Waals surface area contributed by atoms with Crippen molar-refractivity contribution in [3.05, 3.63) is 39.4 Å². The van der Waals surface area contributed by atoms with Gasteiger partial charge < -0.3 is 15.9 Å². The smallest absolute Gasteiger partial charge is 0.275 e. The van der Waals surface area contributed by atoms with Crippen molar-refractivity contribution in [3.63, 3.8) is 0 Å². The number of carbonyl (C=O) groups is 1. The minimum atomic E-state index is -1.88. The number of nitro benzene ring substituents is 1. The van der Waals surface area contributed by atoms with Crippen molar-refractivity contribution in [2.24, 2.45) is 5.73 Å². The molecule has 0 fully saturated rings. The Bertz CT molecular complexity index is 460. The van der Waals surface area contributed by atoms with Gasteiger partial charge in [0, 0.05) is 6.07 Å². The van der Waals surface area contributed by atoms with Crippen LogP contribution in [0.15, 0.2) is 18.2 Å². The van der Waals surface area contributed by atoms with Gasteiger partial charge in [0.15, 0.2) is 6.10 Å². The van der Waals surface area contributed by atoms with E-state index in [0.29, 0.717) is 5.56 Å². The van der Waals surface area contributed by atoms with E-state index in [9.17, 15) is 25.1 Å². The molecular weight excluding hydrogens is 228 g/mol. The van der Waals surface area contributed by atoms with Gasteiger partial charge in [0.1, 0.15) is 6.10 Å². The molecule has 7 nitrogen and oxygen atoms in total. The Labute approximate surface area is 96.6 Å². The first-order valence-electron chi connectivity index (χ1n) is 4.75. The molecule has 1 aromatic carbocycles. The number of hydrogen-bond donors (Lipinski definition) is 3. The first-order valence-corrected chi connectivity index (χ1v) is 4.75. The van der Waals surface area contributed by atoms with E-state index < -0.39 is 23.0 Å². The van der Waals surface area contributed by atoms with Gasteiger partial charge in [-0.2, -0.15) is 0 Å². The lowest BCUT2D eigenvalue weighted by Gasteiger charge is -2.15. The number of nitro groups is 1. The summed E-state index contributed by atoms with van der Waals surface area (Å²) in [5.41, 5.74) is 4.93. The molecule has 2 unspecified atom stereocenters. The second-order valence-electron chi connectivity index (χ2n) is 3.61. The van der Waals surface area contributed by atoms with Crippen molar-refractivity contribution in [1.29, 1.82) is 0 Å². The van der Waals surface area contributed by atoms with Gasteiger partial charge in [-0.15, -0.1) is 0 Å². The van der Waals surface area contributed by atoms with E-state index in [1.54, 1.807) is 6.92 Å². The third kappa shape index (κ3) is 2.77. The fourth-order valence-electron chi connectivity index (χ4n) is 1.39. The molecule has 0 aromatic heterocycles. The molecule has 1 rings (SSSR count). The SMILES string of the molecule is Cc1ccc(C(O)C(O)C(N)=O)c([N+](=O)[O-])c1. The van der Waals surface area contributed by atoms with E-state index in [1.807, 2.05) is 0 Å². The normalized spacial score (nSPS) is 14.1. The van der Waals surface area contributed by atoms with Gasteiger partial charge in [-0.1, -0.05) is 6.07 Å². The standard InChI is InChI=1S/C10H12N2O5/c1-5-2-3-6(7(4-5)12(16)17)8(13)9(14)10(11)15/h2-4,8-9,13-14H,1H3,(H2,11,15). The summed E-state index contributed by atoms with van der Waals surface area (Å²) in [6.07, 6.45) is -3.59. The lowest BCUT2D eigenvalue weighted by Crippen LogP contribution is -2.34. The molecule has 0 aliphatic heterocycles. The number of benzene rings is 1. The van der Waals surface area contributed by atoms with E-state index in [2.05, 4.69) is 0 Å². The zero-order valence-corrected chi connectivity index (χ0v) is 9.03. The van der Waals surface area contributed by atoms with Gasteiger partial charge in [-0.25, -0.2) is 0 Å². The van der Waals surface area contributed by atoms with Gasteiger partial charge in [0.2, 0.25) is 5.91 Å². The number of amides is 1. The number of aliphatic hydroxyl groups is 2. The average Bonchev–Trinajstić information content (AvgIpc) is 2.26. The zero-order chi connectivity index (χ0) is 13.2. The minimum Gasteiger partial charge on any atom is -0.385 e. The fraction of sp³-hybridized carbons (Fsp3) is 0.300. The molecule has 0 saturated heterocycles. The van der Waals surface area contributed by atoms with Crippen LogP contribution in [0.25, 0.3) is 0 Å². The Morgan fingerprint density at radius 1 is 1.47 bits per heavy atom. The second kappa shape index (κ2) is 4.89. The molecule has 0 heterocycles. The van der Waals surface area contributed by atoms with Crippen molar-refractivity contribution >= 4 is 11.6 Å². The summed E-state index contributed by atoms with van der Waals surface area (Å²) in [7, 11) is 0. The number of nitrogens with zero attached hydrogens (tertiary/aromatic N) is 1. The average molecular weight is 240 g/mol. The number of aryl methyl sites for hydroxylation is 1. The van der Waals surface area contributed by atoms with Crippen LogP contribution in [0.5, 0.6) is 0 Å². The Morgan fingerprint density at radius 3 is 2.53 bits per heavy atom. The molecule has 0 radical (unpaired) electrons. The quantitative estimate of drug-likeness (QED) is 0.495. The monoisotopic (exact) mass is 240 g/mol. The number of primary amides is 1. The molecule has 0 aliphatic carbocycles. The maximum absolute atomic E-state index is 10.8. The molecule has 0 bridgehead atoms. The Balaban J connectivity index is 3.21. The molecule has 1 amide bonds. The first kappa shape index (κ1) is 13.1. The van der Waals surface area contributed by atoms with Gasteiger partial charge in [-0.3, -0.25) is 14.9 Å². The van der Waals surface area contributed by atoms with Crippen LogP contribution in [-0.4, -0.2) is 27.1 Å². The highest BCUT2D eigenvalue weighted by molar-refractivity contribution is 5.79. The predicted molar refractivity (Wildman–Crippen MR) is 58.0 cm³/mol. The summed E-state index contributed by atoms with van der Waals surface area (Å²) in [6.45, 7) is 1.65. The van der Waals surface area contributed by atoms with E-state index in [-0.39, 0.29) is 11.3 Å². The van der Waals surface area contributed by atoms with Crippen molar-refractivity contribution in [2.75, 3.05) is 0 Å². The molecule has 0 spiro atoms. The second-order valence-corrected chi connectivity index (χ2v) is 3.61. The lowest BCUT2D eigenvalue weighted by molar-refractivity contribution is -0.386. The summed E-state index contributed by atoms with van der Waals surface area (Å²) in [6, 6.07) is 4.05. The van der Waals surface area contributed by atoms with Crippen LogP contribution in [0.2, 0.25) is 0 Å². The molecule has 0 saturated carbocycles. The molecule has 1 aromatic rings. The van der Waals surface area contributed by atoms with Crippen molar-refractivity contribution in [3.8, 4) is 0 Å². The van der Waals surface area contributed by atoms with Gasteiger partial charge in [0.25, 0.3) is 5.69 Å². The van der Waals surface area contributed by atoms with Crippen molar-refractivity contribution in [1.82, 2.24) is 0 Å². The fourth-order valence-corrected chi connectivity index (χ4v) is 1.39. The van der Waals surface area contributed by atoms with E-state index >= 15 is 0 Å². The highest BCUT2D eigenvalue weighted by Crippen LogP contribution is 2.28. The van der Waals surface area contributed by atoms with Gasteiger partial charge in [-0.05, 0) is 18.6 Å². The Kier molecular flexibility index (Phi) is 3.77. The first-order chi connectivity index (χ1) is 7.84. The van der Waals surface area contributed by atoms with Crippen LogP contribution in [0.3, 0.4) is 0 Å². The van der Waals surface area contributed by atoms with Crippen LogP contribution in [0.1, 0.15) is 17.2 Å². The minimum absolute atomic E-state index is 0.146. The van der Waals surface area contributed by atoms with Gasteiger partial charge in [0.05, 0.1) is 10.5 Å². The Morgan fingerprint density at radius 2 is 2.06 bits per heavy atom. The summed E-state index contributed by atoms with van der Waals surface area (Å²) in [4.78, 5) is 20.8. The highest BCUT2D eigenvalue weighted by atomic mass is 16.6. The molecule has 92 valence electrons. The van der Waals surface area contributed by atoms with Crippen LogP contribution < -0.4 is 5.73 Å². The van der Waals surface area contributed by atoms with Gasteiger partial charge >= 0.3 is 0 Å². The van der Waals surface area contributed by atoms with E-state index in [4.69, 9.17) is 5.73 Å². The van der Waals surface area contributed by atoms with E-state index in [0.717, 1.165) is 0 Å². The maximum Gasteiger partial charge on any atom is 0.275 e. The number of nitrogens with two attached hydrogens (primary N) is 1. The molecule has 0 aliphatic rings. The summed E-state index contributed by atoms with van der Waals surface area (Å²) < 4.78 is 0. The predicted octanol–water partition coefficient (Wildman–Crippen LogP) is -0.217. The summed E-state index contributed by atoms with van der Waals surface area (Å²) in [5, 5.41) is 29.7. The van der Waals surface area contributed by atoms with Crippen molar-refractivity contribution < 1.29 is 19.9 Å². The molecule has 17 heavy (non-hydrogen) atoms. The largest absolute Gasteiger partial charge is 0.385 e. The van der Waals surface area contributed by atoms with Crippen LogP contribution in [-0.2, 0) is 4.79 Å². The van der Waals surface area contributed by atoms with Crippen LogP contribution in [0.4, 0.5) is 5.69 Å². The third-order valence-corrected chi connectivity index (χ3v) is 2.29. The molecule has 2 atom stereocenters. The summed E-state index contributed by atoms with van der Waals surface area (Å²) in [5.74, 6) is -1.15. The topological polar surface area (TPSA) is 127 Å². The molecule has 4 N–H and O–H groups in total. The number of aliphatic hydroxyl groups excluding tert-OH is 2. The number of rotatable bonds is 4. The maximum atomic E-state index is 10.8. The number of hydrogen-bond acceptors (Lipinski definition) is 5. The number of carbonyl (C=O) groups excluding carboxylic acids is 1. The molecular formula is C10H12N2O5. The van der Waals surface area contributed by atoms with Crippen LogP contribution >= 0.6 is 0 Å². The van der Waals surface area contributed by atoms with Crippen LogP contribution in [0, 0.1) is 17.0 Å². The highest BCUT2D eigenvalue weighted by Gasteiger charge is 2.29. The van der Waals surface area contributed by atoms with E-state index in [1.165, 1.54) is 18.2 Å². The summed E-state index contributed by atoms with van der Waals surface area (Å²) >= 11 is 0.